The number of rotatable bonds is 4. The fraction of sp³-hybridized carbons (Fsp3) is 0.0769. The van der Waals surface area contributed by atoms with E-state index in [9.17, 15) is 0 Å². The van der Waals surface area contributed by atoms with Gasteiger partial charge in [0.1, 0.15) is 0 Å². The van der Waals surface area contributed by atoms with Gasteiger partial charge >= 0.3 is 0 Å². The summed E-state index contributed by atoms with van der Waals surface area (Å²) >= 11 is 0. The summed E-state index contributed by atoms with van der Waals surface area (Å²) < 4.78 is 1.97. The van der Waals surface area contributed by atoms with Gasteiger partial charge in [-0.3, -0.25) is 5.10 Å². The van der Waals surface area contributed by atoms with Crippen LogP contribution in [0.4, 0.5) is 5.69 Å². The normalized spacial score (nSPS) is 10.4. The van der Waals surface area contributed by atoms with E-state index in [2.05, 4.69) is 26.6 Å². The van der Waals surface area contributed by atoms with Crippen molar-refractivity contribution < 1.29 is 0 Å². The highest BCUT2D eigenvalue weighted by Crippen LogP contribution is 2.14. The van der Waals surface area contributed by atoms with Gasteiger partial charge in [-0.15, -0.1) is 0 Å². The maximum absolute atomic E-state index is 4.04. The van der Waals surface area contributed by atoms with Crippen molar-refractivity contribution in [2.45, 2.75) is 6.54 Å². The summed E-state index contributed by atoms with van der Waals surface area (Å²) in [6, 6.07) is 10.1. The first-order valence-electron chi connectivity index (χ1n) is 5.72. The van der Waals surface area contributed by atoms with Crippen molar-refractivity contribution in [3.05, 3.63) is 60.9 Å². The minimum absolute atomic E-state index is 0.730. The Morgan fingerprint density at radius 1 is 1.22 bits per heavy atom. The first-order chi connectivity index (χ1) is 8.92. The first kappa shape index (κ1) is 10.6. The Morgan fingerprint density at radius 3 is 3.00 bits per heavy atom. The Morgan fingerprint density at radius 2 is 2.22 bits per heavy atom. The Labute approximate surface area is 104 Å². The van der Waals surface area contributed by atoms with Gasteiger partial charge in [-0.2, -0.15) is 5.10 Å². The largest absolute Gasteiger partial charge is 0.379 e. The second-order valence-electron chi connectivity index (χ2n) is 3.96. The molecule has 0 unspecified atom stereocenters. The molecule has 3 aromatic rings. The highest BCUT2D eigenvalue weighted by molar-refractivity contribution is 5.51. The predicted molar refractivity (Wildman–Crippen MR) is 69.5 cm³/mol. The Balaban J connectivity index is 1.75. The third-order valence-corrected chi connectivity index (χ3v) is 2.69. The summed E-state index contributed by atoms with van der Waals surface area (Å²) in [4.78, 5) is 4.04. The lowest BCUT2D eigenvalue weighted by molar-refractivity contribution is 0.980. The number of nitrogens with zero attached hydrogens (tertiary/aromatic N) is 3. The van der Waals surface area contributed by atoms with Crippen molar-refractivity contribution in [3.8, 4) is 5.69 Å². The lowest BCUT2D eigenvalue weighted by Crippen LogP contribution is -2.00. The van der Waals surface area contributed by atoms with Crippen LogP contribution in [0.25, 0.3) is 5.69 Å². The molecule has 0 fully saturated rings. The molecule has 5 nitrogen and oxygen atoms in total. The maximum Gasteiger partial charge on any atom is 0.0991 e. The first-order valence-corrected chi connectivity index (χ1v) is 5.72. The van der Waals surface area contributed by atoms with Crippen LogP contribution in [0.3, 0.4) is 0 Å². The number of hydrogen-bond acceptors (Lipinski definition) is 3. The zero-order valence-corrected chi connectivity index (χ0v) is 9.74. The molecule has 0 radical (unpaired) electrons. The molecule has 2 aromatic heterocycles. The molecule has 0 atom stereocenters. The van der Waals surface area contributed by atoms with Crippen molar-refractivity contribution in [1.29, 1.82) is 0 Å². The van der Waals surface area contributed by atoms with Gasteiger partial charge in [0.05, 0.1) is 18.6 Å². The number of hydrogen-bond donors (Lipinski definition) is 2. The zero-order chi connectivity index (χ0) is 12.2. The molecule has 0 aliphatic heterocycles. The molecular weight excluding hydrogens is 226 g/mol. The fourth-order valence-electron chi connectivity index (χ4n) is 1.77. The van der Waals surface area contributed by atoms with Crippen molar-refractivity contribution in [1.82, 2.24) is 19.7 Å². The van der Waals surface area contributed by atoms with E-state index < -0.39 is 0 Å². The minimum atomic E-state index is 0.730. The van der Waals surface area contributed by atoms with Gasteiger partial charge in [0.2, 0.25) is 0 Å². The summed E-state index contributed by atoms with van der Waals surface area (Å²) in [5.74, 6) is 0. The second kappa shape index (κ2) is 4.75. The van der Waals surface area contributed by atoms with E-state index >= 15 is 0 Å². The highest BCUT2D eigenvalue weighted by Gasteiger charge is 1.98. The number of H-pyrrole nitrogens is 1. The van der Waals surface area contributed by atoms with Crippen LogP contribution in [-0.2, 0) is 6.54 Å². The molecule has 1 aromatic carbocycles. The van der Waals surface area contributed by atoms with Crippen LogP contribution < -0.4 is 5.32 Å². The third-order valence-electron chi connectivity index (χ3n) is 2.69. The van der Waals surface area contributed by atoms with E-state index in [4.69, 9.17) is 0 Å². The Kier molecular flexibility index (Phi) is 2.79. The molecule has 0 spiro atoms. The maximum atomic E-state index is 4.04. The molecule has 0 saturated carbocycles. The van der Waals surface area contributed by atoms with E-state index in [1.165, 1.54) is 0 Å². The molecule has 90 valence electrons. The van der Waals surface area contributed by atoms with E-state index in [1.54, 1.807) is 18.7 Å². The standard InChI is InChI=1S/C13H13N5/c1-2-11(15-9-12-4-5-16-17-12)8-13(3-1)18-7-6-14-10-18/h1-8,10,15H,9H2,(H,16,17). The van der Waals surface area contributed by atoms with Crippen LogP contribution in [0, 0.1) is 0 Å². The quantitative estimate of drug-likeness (QED) is 0.733. The Hall–Kier alpha value is -2.56. The van der Waals surface area contributed by atoms with Gasteiger partial charge in [0, 0.05) is 30.0 Å². The Bertz CT molecular complexity index is 598. The third kappa shape index (κ3) is 2.24. The van der Waals surface area contributed by atoms with E-state index in [0.717, 1.165) is 23.6 Å². The molecule has 2 heterocycles. The van der Waals surface area contributed by atoms with Gasteiger partial charge < -0.3 is 9.88 Å². The summed E-state index contributed by atoms with van der Waals surface area (Å²) in [5.41, 5.74) is 3.21. The molecule has 0 aliphatic rings. The molecule has 0 saturated heterocycles. The average Bonchev–Trinajstić information content (AvgIpc) is 3.10. The fourth-order valence-corrected chi connectivity index (χ4v) is 1.77. The molecule has 0 bridgehead atoms. The number of aromatic amines is 1. The summed E-state index contributed by atoms with van der Waals surface area (Å²) in [6.07, 6.45) is 7.23. The van der Waals surface area contributed by atoms with Crippen molar-refractivity contribution in [2.75, 3.05) is 5.32 Å². The highest BCUT2D eigenvalue weighted by atomic mass is 15.1. The van der Waals surface area contributed by atoms with Gasteiger partial charge in [-0.1, -0.05) is 6.07 Å². The van der Waals surface area contributed by atoms with Crippen molar-refractivity contribution in [2.24, 2.45) is 0 Å². The van der Waals surface area contributed by atoms with Crippen molar-refractivity contribution in [3.63, 3.8) is 0 Å². The summed E-state index contributed by atoms with van der Waals surface area (Å²) in [7, 11) is 0. The van der Waals surface area contributed by atoms with Crippen molar-refractivity contribution >= 4 is 5.69 Å². The smallest absolute Gasteiger partial charge is 0.0991 e. The van der Waals surface area contributed by atoms with Gasteiger partial charge in [0.25, 0.3) is 0 Å². The number of anilines is 1. The number of imidazole rings is 1. The number of aromatic nitrogens is 4. The molecule has 2 N–H and O–H groups in total. The molecule has 3 rings (SSSR count). The van der Waals surface area contributed by atoms with E-state index in [1.807, 2.05) is 35.0 Å². The lowest BCUT2D eigenvalue weighted by atomic mass is 10.2. The van der Waals surface area contributed by atoms with Crippen LogP contribution in [0.15, 0.2) is 55.2 Å². The molecule has 18 heavy (non-hydrogen) atoms. The molecule has 0 amide bonds. The topological polar surface area (TPSA) is 58.5 Å². The van der Waals surface area contributed by atoms with E-state index in [-0.39, 0.29) is 0 Å². The second-order valence-corrected chi connectivity index (χ2v) is 3.96. The molecular formula is C13H13N5. The van der Waals surface area contributed by atoms with Gasteiger partial charge in [-0.05, 0) is 24.3 Å². The van der Waals surface area contributed by atoms with E-state index in [0.29, 0.717) is 0 Å². The van der Waals surface area contributed by atoms with Gasteiger partial charge in [0.15, 0.2) is 0 Å². The zero-order valence-electron chi connectivity index (χ0n) is 9.74. The lowest BCUT2D eigenvalue weighted by Gasteiger charge is -2.07. The molecule has 0 aliphatic carbocycles. The SMILES string of the molecule is c1cc(NCc2ccn[nH]2)cc(-n2ccnc2)c1. The van der Waals surface area contributed by atoms with Gasteiger partial charge in [-0.25, -0.2) is 4.98 Å². The average molecular weight is 239 g/mol. The summed E-state index contributed by atoms with van der Waals surface area (Å²) in [6.45, 7) is 0.730. The minimum Gasteiger partial charge on any atom is -0.379 e. The predicted octanol–water partition coefficient (Wildman–Crippen LogP) is 2.21. The van der Waals surface area contributed by atoms with Crippen LogP contribution in [0.1, 0.15) is 5.69 Å². The van der Waals surface area contributed by atoms with Crippen LogP contribution in [0.5, 0.6) is 0 Å². The van der Waals surface area contributed by atoms with Crippen LogP contribution in [-0.4, -0.2) is 19.7 Å². The van der Waals surface area contributed by atoms with Crippen LogP contribution >= 0.6 is 0 Å². The summed E-state index contributed by atoms with van der Waals surface area (Å²) in [5, 5.41) is 10.2. The van der Waals surface area contributed by atoms with Crippen LogP contribution in [0.2, 0.25) is 0 Å². The number of nitrogens with one attached hydrogen (secondary N) is 2. The molecule has 5 heteroatoms. The number of benzene rings is 1. The monoisotopic (exact) mass is 239 g/mol.